The van der Waals surface area contributed by atoms with Gasteiger partial charge in [-0.2, -0.15) is 0 Å². The van der Waals surface area contributed by atoms with Gasteiger partial charge in [0.25, 0.3) is 5.91 Å². The maximum Gasteiger partial charge on any atom is 0.272 e. The lowest BCUT2D eigenvalue weighted by molar-refractivity contribution is -0.119. The summed E-state index contributed by atoms with van der Waals surface area (Å²) in [4.78, 5) is 20.0. The molecule has 0 radical (unpaired) electrons. The summed E-state index contributed by atoms with van der Waals surface area (Å²) >= 11 is 18.6. The normalized spacial score (nSPS) is 14.9. The molecule has 0 spiro atoms. The Morgan fingerprint density at radius 2 is 1.51 bits per heavy atom. The number of carbonyl (C=O) groups is 1. The average Bonchev–Trinajstić information content (AvgIpc) is 3.05. The molecule has 1 unspecified atom stereocenters. The molecule has 1 atom stereocenters. The molecule has 5 nitrogen and oxygen atoms in total. The number of halogens is 2. The SMILES string of the molecule is CN1C(=O)C(NC(=S)NCC(c2ccccc2)c2ccccc2)N=C(c2ccccc2Cl)c2cc(Cl)ccc21. The molecule has 1 heterocycles. The summed E-state index contributed by atoms with van der Waals surface area (Å²) in [5, 5.41) is 7.82. The van der Waals surface area contributed by atoms with E-state index in [2.05, 4.69) is 34.9 Å². The quantitative estimate of drug-likeness (QED) is 0.261. The lowest BCUT2D eigenvalue weighted by Crippen LogP contribution is -2.49. The molecule has 8 heteroatoms. The number of rotatable bonds is 6. The summed E-state index contributed by atoms with van der Waals surface area (Å²) < 4.78 is 0. The molecule has 0 aromatic heterocycles. The van der Waals surface area contributed by atoms with Gasteiger partial charge in [0.05, 0.1) is 11.4 Å². The van der Waals surface area contributed by atoms with Crippen molar-refractivity contribution >= 4 is 57.8 Å². The maximum atomic E-state index is 13.6. The molecular weight excluding hydrogens is 547 g/mol. The number of fused-ring (bicyclic) bond motifs is 1. The topological polar surface area (TPSA) is 56.7 Å². The summed E-state index contributed by atoms with van der Waals surface area (Å²) in [5.74, 6) is -0.194. The van der Waals surface area contributed by atoms with E-state index in [-0.39, 0.29) is 11.8 Å². The molecule has 0 saturated carbocycles. The Bertz CT molecular complexity index is 1490. The lowest BCUT2D eigenvalue weighted by atomic mass is 9.91. The molecule has 0 fully saturated rings. The van der Waals surface area contributed by atoms with E-state index in [0.29, 0.717) is 44.2 Å². The van der Waals surface area contributed by atoms with Gasteiger partial charge in [0, 0.05) is 40.7 Å². The molecule has 1 aliphatic rings. The van der Waals surface area contributed by atoms with Crippen LogP contribution < -0.4 is 15.5 Å². The van der Waals surface area contributed by atoms with Crippen LogP contribution in [0.3, 0.4) is 0 Å². The van der Waals surface area contributed by atoms with Crippen molar-refractivity contribution in [3.8, 4) is 0 Å². The van der Waals surface area contributed by atoms with E-state index in [1.807, 2.05) is 60.7 Å². The second-order valence-electron chi connectivity index (χ2n) is 9.15. The Balaban J connectivity index is 1.43. The van der Waals surface area contributed by atoms with Crippen LogP contribution in [0.5, 0.6) is 0 Å². The molecule has 5 rings (SSSR count). The van der Waals surface area contributed by atoms with Gasteiger partial charge in [-0.3, -0.25) is 4.79 Å². The summed E-state index contributed by atoms with van der Waals surface area (Å²) in [5.41, 5.74) is 4.97. The number of nitrogens with zero attached hydrogens (tertiary/aromatic N) is 2. The van der Waals surface area contributed by atoms with Crippen molar-refractivity contribution in [2.45, 2.75) is 12.1 Å². The van der Waals surface area contributed by atoms with Crippen LogP contribution in [0.1, 0.15) is 28.2 Å². The van der Waals surface area contributed by atoms with Gasteiger partial charge in [-0.25, -0.2) is 4.99 Å². The van der Waals surface area contributed by atoms with E-state index in [4.69, 9.17) is 40.4 Å². The zero-order chi connectivity index (χ0) is 27.4. The van der Waals surface area contributed by atoms with Crippen LogP contribution in [0, 0.1) is 0 Å². The first-order chi connectivity index (χ1) is 18.9. The molecule has 196 valence electrons. The highest BCUT2D eigenvalue weighted by Crippen LogP contribution is 2.32. The van der Waals surface area contributed by atoms with Crippen molar-refractivity contribution in [3.63, 3.8) is 0 Å². The first-order valence-corrected chi connectivity index (χ1v) is 13.6. The van der Waals surface area contributed by atoms with Gasteiger partial charge in [0.15, 0.2) is 5.11 Å². The Morgan fingerprint density at radius 1 is 0.897 bits per heavy atom. The van der Waals surface area contributed by atoms with E-state index in [0.717, 1.165) is 11.1 Å². The summed E-state index contributed by atoms with van der Waals surface area (Å²) in [6, 6.07) is 33.3. The second-order valence-corrected chi connectivity index (χ2v) is 10.4. The minimum Gasteiger partial charge on any atom is -0.362 e. The Hall–Kier alpha value is -3.71. The fraction of sp³-hybridized carbons (Fsp3) is 0.129. The Labute approximate surface area is 243 Å². The number of amides is 1. The predicted octanol–water partition coefficient (Wildman–Crippen LogP) is 6.43. The summed E-state index contributed by atoms with van der Waals surface area (Å²) in [7, 11) is 1.71. The second kappa shape index (κ2) is 12.0. The van der Waals surface area contributed by atoms with Crippen molar-refractivity contribution in [1.82, 2.24) is 10.6 Å². The van der Waals surface area contributed by atoms with E-state index < -0.39 is 6.17 Å². The fourth-order valence-corrected chi connectivity index (χ4v) is 5.27. The largest absolute Gasteiger partial charge is 0.362 e. The minimum atomic E-state index is -0.973. The van der Waals surface area contributed by atoms with Crippen LogP contribution in [0.2, 0.25) is 10.0 Å². The third-order valence-electron chi connectivity index (χ3n) is 6.67. The summed E-state index contributed by atoms with van der Waals surface area (Å²) in [6.07, 6.45) is -0.973. The predicted molar refractivity (Wildman–Crippen MR) is 164 cm³/mol. The number of likely N-dealkylation sites (N-methyl/N-ethyl adjacent to an activating group) is 1. The van der Waals surface area contributed by atoms with Crippen molar-refractivity contribution < 1.29 is 4.79 Å². The van der Waals surface area contributed by atoms with Crippen LogP contribution in [-0.4, -0.2) is 36.5 Å². The van der Waals surface area contributed by atoms with E-state index >= 15 is 0 Å². The molecule has 0 bridgehead atoms. The van der Waals surface area contributed by atoms with Gasteiger partial charge in [0.1, 0.15) is 0 Å². The molecule has 1 aliphatic heterocycles. The molecule has 4 aromatic carbocycles. The van der Waals surface area contributed by atoms with Crippen molar-refractivity contribution in [2.24, 2.45) is 4.99 Å². The zero-order valence-corrected chi connectivity index (χ0v) is 23.5. The van der Waals surface area contributed by atoms with Gasteiger partial charge in [-0.15, -0.1) is 0 Å². The molecule has 0 saturated heterocycles. The molecule has 4 aromatic rings. The highest BCUT2D eigenvalue weighted by molar-refractivity contribution is 7.80. The molecule has 39 heavy (non-hydrogen) atoms. The number of benzene rings is 4. The zero-order valence-electron chi connectivity index (χ0n) is 21.1. The van der Waals surface area contributed by atoms with E-state index in [1.54, 1.807) is 30.1 Å². The smallest absolute Gasteiger partial charge is 0.272 e. The summed E-state index contributed by atoms with van der Waals surface area (Å²) in [6.45, 7) is 0.535. The molecular formula is C31H26Cl2N4OS. The number of carbonyl (C=O) groups excluding carboxylic acids is 1. The van der Waals surface area contributed by atoms with Crippen molar-refractivity contribution in [3.05, 3.63) is 135 Å². The number of hydrogen-bond donors (Lipinski definition) is 2. The molecule has 0 aliphatic carbocycles. The van der Waals surface area contributed by atoms with Crippen LogP contribution in [0.15, 0.2) is 108 Å². The number of hydrogen-bond acceptors (Lipinski definition) is 3. The first-order valence-electron chi connectivity index (χ1n) is 12.5. The van der Waals surface area contributed by atoms with Crippen molar-refractivity contribution in [2.75, 3.05) is 18.5 Å². The monoisotopic (exact) mass is 572 g/mol. The third-order valence-corrected chi connectivity index (χ3v) is 7.49. The van der Waals surface area contributed by atoms with Crippen LogP contribution in [0.4, 0.5) is 5.69 Å². The molecule has 1 amide bonds. The van der Waals surface area contributed by atoms with Gasteiger partial charge >= 0.3 is 0 Å². The fourth-order valence-electron chi connectivity index (χ4n) is 4.68. The lowest BCUT2D eigenvalue weighted by Gasteiger charge is -2.23. The van der Waals surface area contributed by atoms with Gasteiger partial charge in [0.2, 0.25) is 6.17 Å². The van der Waals surface area contributed by atoms with E-state index in [1.165, 1.54) is 0 Å². The minimum absolute atomic E-state index is 0.0632. The average molecular weight is 574 g/mol. The highest BCUT2D eigenvalue weighted by Gasteiger charge is 2.31. The first kappa shape index (κ1) is 26.9. The highest BCUT2D eigenvalue weighted by atomic mass is 35.5. The van der Waals surface area contributed by atoms with Gasteiger partial charge in [-0.1, -0.05) is 102 Å². The van der Waals surface area contributed by atoms with Gasteiger partial charge in [-0.05, 0) is 47.6 Å². The number of anilines is 1. The standard InChI is InChI=1S/C31H26Cl2N4OS/c1-37-27-17-16-22(32)18-24(27)28(23-14-8-9-15-26(23)33)35-29(30(37)38)36-31(39)34-19-25(20-10-4-2-5-11-20)21-12-6-3-7-13-21/h2-18,25,29H,19H2,1H3,(H2,34,36,39). The van der Waals surface area contributed by atoms with Gasteiger partial charge < -0.3 is 15.5 Å². The Morgan fingerprint density at radius 3 is 2.15 bits per heavy atom. The van der Waals surface area contributed by atoms with E-state index in [9.17, 15) is 4.79 Å². The number of aliphatic imine (C=N–C) groups is 1. The maximum absolute atomic E-state index is 13.6. The third kappa shape index (κ3) is 5.98. The van der Waals surface area contributed by atoms with Crippen LogP contribution >= 0.6 is 35.4 Å². The number of thiocarbonyl (C=S) groups is 1. The Kier molecular flexibility index (Phi) is 8.27. The van der Waals surface area contributed by atoms with Crippen LogP contribution in [-0.2, 0) is 4.79 Å². The number of nitrogens with one attached hydrogen (secondary N) is 2. The molecule has 2 N–H and O–H groups in total. The number of benzodiazepines with no additional fused rings is 1. The van der Waals surface area contributed by atoms with Crippen molar-refractivity contribution in [1.29, 1.82) is 0 Å². The van der Waals surface area contributed by atoms with Crippen LogP contribution in [0.25, 0.3) is 0 Å².